The first-order valence-electron chi connectivity index (χ1n) is 18.9. The third-order valence-corrected chi connectivity index (χ3v) is 11.9. The molecule has 10 rings (SSSR count). The molecular weight excluding hydrogens is 780 g/mol. The van der Waals surface area contributed by atoms with E-state index in [0.717, 1.165) is 12.1 Å². The smallest absolute Gasteiger partial charge is 0.305 e. The average molecular weight is 817 g/mol. The highest BCUT2D eigenvalue weighted by Gasteiger charge is 2.61. The lowest BCUT2D eigenvalue weighted by Crippen LogP contribution is -2.57. The summed E-state index contributed by atoms with van der Waals surface area (Å²) in [5.74, 6) is -7.82. The van der Waals surface area contributed by atoms with E-state index >= 15 is 0 Å². The number of benzene rings is 6. The molecule has 15 nitrogen and oxygen atoms in total. The van der Waals surface area contributed by atoms with Crippen molar-refractivity contribution in [1.82, 2.24) is 0 Å². The van der Waals surface area contributed by atoms with Gasteiger partial charge in [-0.2, -0.15) is 0 Å². The van der Waals surface area contributed by atoms with Crippen molar-refractivity contribution < 1.29 is 75.1 Å². The number of rotatable bonds is 4. The van der Waals surface area contributed by atoms with Crippen LogP contribution in [0.5, 0.6) is 69.0 Å². The summed E-state index contributed by atoms with van der Waals surface area (Å²) in [7, 11) is 0. The van der Waals surface area contributed by atoms with Crippen molar-refractivity contribution in [3.05, 3.63) is 142 Å². The van der Waals surface area contributed by atoms with Gasteiger partial charge in [0, 0.05) is 64.1 Å². The molecule has 0 unspecified atom stereocenters. The minimum atomic E-state index is -2.09. The third kappa shape index (κ3) is 5.40. The van der Waals surface area contributed by atoms with Gasteiger partial charge in [0.15, 0.2) is 6.10 Å². The van der Waals surface area contributed by atoms with Crippen molar-refractivity contribution >= 4 is 0 Å². The van der Waals surface area contributed by atoms with Crippen LogP contribution in [0.4, 0.5) is 0 Å². The fraction of sp³-hybridized carbons (Fsp3) is 0.200. The molecule has 11 N–H and O–H groups in total. The molecule has 0 aliphatic carbocycles. The Morgan fingerprint density at radius 1 is 0.467 bits per heavy atom. The van der Waals surface area contributed by atoms with Gasteiger partial charge in [0.25, 0.3) is 0 Å². The van der Waals surface area contributed by atoms with Crippen molar-refractivity contribution in [2.45, 2.75) is 54.6 Å². The van der Waals surface area contributed by atoms with Gasteiger partial charge >= 0.3 is 5.79 Å². The van der Waals surface area contributed by atoms with Gasteiger partial charge in [-0.3, -0.25) is 0 Å². The van der Waals surface area contributed by atoms with Crippen LogP contribution in [0.25, 0.3) is 0 Å². The first-order chi connectivity index (χ1) is 28.7. The number of aliphatic hydroxyl groups is 3. The van der Waals surface area contributed by atoms with Gasteiger partial charge in [0.2, 0.25) is 0 Å². The first-order valence-corrected chi connectivity index (χ1v) is 18.9. The number of hydrogen-bond acceptors (Lipinski definition) is 15. The van der Waals surface area contributed by atoms with E-state index in [0.29, 0.717) is 11.1 Å². The Labute approximate surface area is 339 Å². The molecule has 6 aromatic rings. The van der Waals surface area contributed by atoms with Crippen molar-refractivity contribution in [3.8, 4) is 69.0 Å². The van der Waals surface area contributed by atoms with Crippen LogP contribution in [0.15, 0.2) is 97.1 Å². The summed E-state index contributed by atoms with van der Waals surface area (Å²) in [5.41, 5.74) is 0.936. The van der Waals surface area contributed by atoms with E-state index in [1.807, 2.05) is 0 Å². The Morgan fingerprint density at radius 3 is 1.62 bits per heavy atom. The summed E-state index contributed by atoms with van der Waals surface area (Å²) >= 11 is 0. The lowest BCUT2D eigenvalue weighted by molar-refractivity contribution is -0.219. The molecule has 0 spiro atoms. The van der Waals surface area contributed by atoms with Crippen LogP contribution in [0.2, 0.25) is 0 Å². The lowest BCUT2D eigenvalue weighted by atomic mass is 9.71. The molecule has 4 heterocycles. The highest BCUT2D eigenvalue weighted by molar-refractivity contribution is 5.72. The van der Waals surface area contributed by atoms with Crippen LogP contribution in [-0.2, 0) is 12.2 Å². The molecule has 0 saturated heterocycles. The maximum atomic E-state index is 12.5. The number of ether oxygens (including phenoxy) is 4. The minimum absolute atomic E-state index is 0.0125. The number of aliphatic hydroxyl groups excluding tert-OH is 3. The Balaban J connectivity index is 1.24. The van der Waals surface area contributed by atoms with Crippen LogP contribution in [0.1, 0.15) is 68.6 Å². The van der Waals surface area contributed by atoms with E-state index in [9.17, 15) is 56.2 Å². The zero-order valence-corrected chi connectivity index (χ0v) is 31.0. The second-order valence-electron chi connectivity index (χ2n) is 15.4. The van der Waals surface area contributed by atoms with Gasteiger partial charge in [-0.25, -0.2) is 0 Å². The van der Waals surface area contributed by atoms with E-state index in [2.05, 4.69) is 0 Å². The fourth-order valence-electron chi connectivity index (χ4n) is 9.17. The molecule has 0 saturated carbocycles. The van der Waals surface area contributed by atoms with Gasteiger partial charge in [-0.1, -0.05) is 24.3 Å². The summed E-state index contributed by atoms with van der Waals surface area (Å²) in [5, 5.41) is 124. The quantitative estimate of drug-likeness (QED) is 0.110. The second kappa shape index (κ2) is 13.2. The molecule has 306 valence electrons. The first kappa shape index (κ1) is 37.1. The number of aromatic hydroxyl groups is 8. The molecular formula is C45H36O15. The largest absolute Gasteiger partial charge is 0.508 e. The SMILES string of the molecule is Oc1ccc([C@H]2Oc3c(c(O)cc4c3[C@H]3c5c(O)cc(O)cc5O[C@@](c5ccc(O)cc5)(O4)[C@@H]3O)[C@@H](c3c(O)cc(O)c4c3O[C@H](c3ccc(O)cc3)[C@H](O)C4)[C@H]2O)cc1. The van der Waals surface area contributed by atoms with Gasteiger partial charge in [-0.05, 0) is 59.7 Å². The molecule has 2 bridgehead atoms. The van der Waals surface area contributed by atoms with Crippen LogP contribution in [-0.4, -0.2) is 74.5 Å². The van der Waals surface area contributed by atoms with E-state index < -0.39 is 71.1 Å². The number of phenols is 8. The minimum Gasteiger partial charge on any atom is -0.508 e. The number of phenolic OH excluding ortho intramolecular Hbond substituents is 8. The molecule has 4 aliphatic heterocycles. The molecule has 0 aromatic heterocycles. The Bertz CT molecular complexity index is 2700. The van der Waals surface area contributed by atoms with Gasteiger partial charge in [-0.15, -0.1) is 0 Å². The molecule has 0 amide bonds. The van der Waals surface area contributed by atoms with Crippen molar-refractivity contribution in [1.29, 1.82) is 0 Å². The highest BCUT2D eigenvalue weighted by atomic mass is 16.7. The maximum Gasteiger partial charge on any atom is 0.305 e. The molecule has 0 fully saturated rings. The van der Waals surface area contributed by atoms with Crippen LogP contribution in [0, 0.1) is 0 Å². The van der Waals surface area contributed by atoms with Crippen LogP contribution >= 0.6 is 0 Å². The molecule has 15 heteroatoms. The normalized spacial score (nSPS) is 25.8. The van der Waals surface area contributed by atoms with E-state index in [4.69, 9.17) is 18.9 Å². The standard InChI is InChI=1S/C45H36O15/c46-21-7-1-18(2-8-21)40-30(54)15-25-26(50)16-28(52)34(42(25)57-40)37-35-29(53)17-32-36(43(35)58-41(39(37)55)19-3-9-22(47)10-4-19)38-33-27(51)13-24(49)14-31(33)59-45(60-32,44(38)56)20-5-11-23(48)12-6-20/h1-14,16-17,30,37-41,44,46-56H,15H2/t30-,37-,38-,39-,40-,41-,44-,45+/m1/s1. The molecule has 60 heavy (non-hydrogen) atoms. The second-order valence-corrected chi connectivity index (χ2v) is 15.4. The number of hydrogen-bond donors (Lipinski definition) is 11. The Kier molecular flexibility index (Phi) is 8.13. The van der Waals surface area contributed by atoms with Gasteiger partial charge < -0.3 is 75.1 Å². The fourth-order valence-corrected chi connectivity index (χ4v) is 9.17. The summed E-state index contributed by atoms with van der Waals surface area (Å²) in [6.45, 7) is 0. The summed E-state index contributed by atoms with van der Waals surface area (Å²) < 4.78 is 26.0. The number of fused-ring (bicyclic) bond motifs is 9. The predicted molar refractivity (Wildman–Crippen MR) is 207 cm³/mol. The zero-order valence-electron chi connectivity index (χ0n) is 31.0. The summed E-state index contributed by atoms with van der Waals surface area (Å²) in [6, 6.07) is 21.8. The van der Waals surface area contributed by atoms with Crippen molar-refractivity contribution in [3.63, 3.8) is 0 Å². The lowest BCUT2D eigenvalue weighted by Gasteiger charge is -2.51. The van der Waals surface area contributed by atoms with E-state index in [1.54, 1.807) is 12.1 Å². The van der Waals surface area contributed by atoms with Crippen molar-refractivity contribution in [2.24, 2.45) is 0 Å². The predicted octanol–water partition coefficient (Wildman–Crippen LogP) is 5.13. The molecule has 6 aromatic carbocycles. The topological polar surface area (TPSA) is 259 Å². The van der Waals surface area contributed by atoms with Gasteiger partial charge in [0.05, 0.1) is 17.9 Å². The van der Waals surface area contributed by atoms with E-state index in [-0.39, 0.29) is 85.8 Å². The van der Waals surface area contributed by atoms with Crippen LogP contribution in [0.3, 0.4) is 0 Å². The summed E-state index contributed by atoms with van der Waals surface area (Å²) in [4.78, 5) is 0. The van der Waals surface area contributed by atoms with Crippen molar-refractivity contribution in [2.75, 3.05) is 0 Å². The van der Waals surface area contributed by atoms with Crippen LogP contribution < -0.4 is 18.9 Å². The molecule has 0 radical (unpaired) electrons. The van der Waals surface area contributed by atoms with Gasteiger partial charge in [0.1, 0.15) is 87.3 Å². The molecule has 8 atom stereocenters. The van der Waals surface area contributed by atoms with E-state index in [1.165, 1.54) is 72.8 Å². The third-order valence-electron chi connectivity index (χ3n) is 11.9. The Morgan fingerprint density at radius 2 is 0.983 bits per heavy atom. The zero-order chi connectivity index (χ0) is 41.9. The monoisotopic (exact) mass is 816 g/mol. The summed E-state index contributed by atoms with van der Waals surface area (Å²) in [6.07, 6.45) is -7.17. The highest BCUT2D eigenvalue weighted by Crippen LogP contribution is 2.65. The molecule has 4 aliphatic rings. The Hall–Kier alpha value is -7.20. The average Bonchev–Trinajstić information content (AvgIpc) is 3.20. The maximum absolute atomic E-state index is 12.5.